The zero-order valence-electron chi connectivity index (χ0n) is 15.7. The van der Waals surface area contributed by atoms with E-state index in [1.165, 1.54) is 0 Å². The summed E-state index contributed by atoms with van der Waals surface area (Å²) >= 11 is 0. The Balaban J connectivity index is 1.98. The molecule has 1 fully saturated rings. The zero-order chi connectivity index (χ0) is 18.6. The zero-order valence-corrected chi connectivity index (χ0v) is 15.7. The SMILES string of the molecule is Cc1ncc(NC(=O)CN2CCC[C@H]2C)cc1NC(=O)OC(C)(C)C. The average Bonchev–Trinajstić information content (AvgIpc) is 2.85. The van der Waals surface area contributed by atoms with Gasteiger partial charge in [-0.3, -0.25) is 20.0 Å². The Morgan fingerprint density at radius 3 is 2.68 bits per heavy atom. The smallest absolute Gasteiger partial charge is 0.412 e. The molecular weight excluding hydrogens is 320 g/mol. The molecule has 2 rings (SSSR count). The fourth-order valence-electron chi connectivity index (χ4n) is 2.75. The van der Waals surface area contributed by atoms with Crippen LogP contribution in [0.1, 0.15) is 46.2 Å². The van der Waals surface area contributed by atoms with Crippen molar-refractivity contribution in [3.05, 3.63) is 18.0 Å². The third kappa shape index (κ3) is 6.01. The van der Waals surface area contributed by atoms with E-state index in [9.17, 15) is 9.59 Å². The number of carbonyl (C=O) groups excluding carboxylic acids is 2. The summed E-state index contributed by atoms with van der Waals surface area (Å²) in [5, 5.41) is 5.52. The molecule has 1 aliphatic rings. The molecule has 0 spiro atoms. The van der Waals surface area contributed by atoms with Gasteiger partial charge in [-0.1, -0.05) is 0 Å². The molecule has 1 saturated heterocycles. The third-order valence-corrected chi connectivity index (χ3v) is 4.04. The van der Waals surface area contributed by atoms with Gasteiger partial charge in [0.25, 0.3) is 0 Å². The first kappa shape index (κ1) is 19.2. The van der Waals surface area contributed by atoms with Gasteiger partial charge in [0, 0.05) is 6.04 Å². The number of nitrogens with one attached hydrogen (secondary N) is 2. The molecular formula is C18H28N4O3. The molecule has 138 valence electrons. The minimum absolute atomic E-state index is 0.0809. The number of rotatable bonds is 4. The molecule has 0 radical (unpaired) electrons. The van der Waals surface area contributed by atoms with Gasteiger partial charge in [0.15, 0.2) is 0 Å². The van der Waals surface area contributed by atoms with Crippen LogP contribution in [0.2, 0.25) is 0 Å². The van der Waals surface area contributed by atoms with Crippen molar-refractivity contribution in [2.24, 2.45) is 0 Å². The van der Waals surface area contributed by atoms with Gasteiger partial charge in [0.2, 0.25) is 5.91 Å². The molecule has 7 heteroatoms. The van der Waals surface area contributed by atoms with Gasteiger partial charge in [-0.05, 0) is 60.1 Å². The van der Waals surface area contributed by atoms with Crippen LogP contribution in [0, 0.1) is 6.92 Å². The number of amides is 2. The molecule has 7 nitrogen and oxygen atoms in total. The molecule has 1 aromatic rings. The molecule has 25 heavy (non-hydrogen) atoms. The summed E-state index contributed by atoms with van der Waals surface area (Å²) in [6.45, 7) is 10.6. The van der Waals surface area contributed by atoms with Crippen molar-refractivity contribution < 1.29 is 14.3 Å². The van der Waals surface area contributed by atoms with Crippen molar-refractivity contribution >= 4 is 23.4 Å². The maximum atomic E-state index is 12.2. The van der Waals surface area contributed by atoms with Crippen LogP contribution in [-0.4, -0.2) is 46.6 Å². The lowest BCUT2D eigenvalue weighted by molar-refractivity contribution is -0.117. The van der Waals surface area contributed by atoms with Gasteiger partial charge in [-0.15, -0.1) is 0 Å². The van der Waals surface area contributed by atoms with Crippen molar-refractivity contribution in [3.8, 4) is 0 Å². The van der Waals surface area contributed by atoms with Crippen LogP contribution in [-0.2, 0) is 9.53 Å². The first-order valence-corrected chi connectivity index (χ1v) is 8.64. The Kier molecular flexibility index (Phi) is 6.00. The fourth-order valence-corrected chi connectivity index (χ4v) is 2.75. The summed E-state index contributed by atoms with van der Waals surface area (Å²) in [6.07, 6.45) is 3.29. The van der Waals surface area contributed by atoms with E-state index in [0.717, 1.165) is 19.4 Å². The second-order valence-corrected chi connectivity index (χ2v) is 7.49. The van der Waals surface area contributed by atoms with Crippen molar-refractivity contribution in [3.63, 3.8) is 0 Å². The van der Waals surface area contributed by atoms with E-state index < -0.39 is 11.7 Å². The average molecular weight is 348 g/mol. The van der Waals surface area contributed by atoms with Gasteiger partial charge >= 0.3 is 6.09 Å². The quantitative estimate of drug-likeness (QED) is 0.873. The van der Waals surface area contributed by atoms with Crippen molar-refractivity contribution in [2.45, 2.75) is 59.1 Å². The first-order valence-electron chi connectivity index (χ1n) is 8.64. The van der Waals surface area contributed by atoms with E-state index in [4.69, 9.17) is 4.74 Å². The summed E-state index contributed by atoms with van der Waals surface area (Å²) in [4.78, 5) is 30.5. The highest BCUT2D eigenvalue weighted by molar-refractivity contribution is 5.93. The highest BCUT2D eigenvalue weighted by Gasteiger charge is 2.22. The topological polar surface area (TPSA) is 83.6 Å². The standard InChI is InChI=1S/C18H28N4O3/c1-12-7-6-8-22(12)11-16(23)20-14-9-15(13(2)19-10-14)21-17(24)25-18(3,4)5/h9-10,12H,6-8,11H2,1-5H3,(H,20,23)(H,21,24)/t12-/m1/s1. The van der Waals surface area contributed by atoms with Gasteiger partial charge in [-0.2, -0.15) is 0 Å². The highest BCUT2D eigenvalue weighted by Crippen LogP contribution is 2.20. The summed E-state index contributed by atoms with van der Waals surface area (Å²) in [6, 6.07) is 2.13. The summed E-state index contributed by atoms with van der Waals surface area (Å²) < 4.78 is 5.25. The van der Waals surface area contributed by atoms with E-state index in [1.54, 1.807) is 40.0 Å². The summed E-state index contributed by atoms with van der Waals surface area (Å²) in [5.41, 5.74) is 1.14. The number of aromatic nitrogens is 1. The normalized spacial score (nSPS) is 18.0. The Bertz CT molecular complexity index is 640. The minimum Gasteiger partial charge on any atom is -0.444 e. The second kappa shape index (κ2) is 7.82. The molecule has 0 aromatic carbocycles. The molecule has 0 unspecified atom stereocenters. The predicted octanol–water partition coefficient (Wildman–Crippen LogP) is 3.16. The number of nitrogens with zero attached hydrogens (tertiary/aromatic N) is 2. The number of likely N-dealkylation sites (tertiary alicyclic amines) is 1. The van der Waals surface area contributed by atoms with Crippen LogP contribution in [0.15, 0.2) is 12.3 Å². The van der Waals surface area contributed by atoms with E-state index in [-0.39, 0.29) is 5.91 Å². The monoisotopic (exact) mass is 348 g/mol. The molecule has 1 aromatic heterocycles. The molecule has 1 aliphatic heterocycles. The highest BCUT2D eigenvalue weighted by atomic mass is 16.6. The maximum absolute atomic E-state index is 12.2. The first-order chi connectivity index (χ1) is 11.6. The predicted molar refractivity (Wildman–Crippen MR) is 97.7 cm³/mol. The van der Waals surface area contributed by atoms with E-state index in [1.807, 2.05) is 0 Å². The molecule has 0 bridgehead atoms. The van der Waals surface area contributed by atoms with Crippen LogP contribution >= 0.6 is 0 Å². The lowest BCUT2D eigenvalue weighted by atomic mass is 10.2. The number of ether oxygens (including phenoxy) is 1. The van der Waals surface area contributed by atoms with E-state index >= 15 is 0 Å². The second-order valence-electron chi connectivity index (χ2n) is 7.49. The van der Waals surface area contributed by atoms with Gasteiger partial charge in [-0.25, -0.2) is 4.79 Å². The van der Waals surface area contributed by atoms with Crippen molar-refractivity contribution in [1.82, 2.24) is 9.88 Å². The van der Waals surface area contributed by atoms with Crippen LogP contribution in [0.4, 0.5) is 16.2 Å². The maximum Gasteiger partial charge on any atom is 0.412 e. The minimum atomic E-state index is -0.580. The largest absolute Gasteiger partial charge is 0.444 e. The summed E-state index contributed by atoms with van der Waals surface area (Å²) in [5.74, 6) is -0.0809. The number of anilines is 2. The fraction of sp³-hybridized carbons (Fsp3) is 0.611. The molecule has 2 amide bonds. The van der Waals surface area contributed by atoms with Crippen molar-refractivity contribution in [2.75, 3.05) is 23.7 Å². The summed E-state index contributed by atoms with van der Waals surface area (Å²) in [7, 11) is 0. The number of hydrogen-bond acceptors (Lipinski definition) is 5. The Labute approximate surface area is 149 Å². The van der Waals surface area contributed by atoms with Gasteiger partial charge in [0.05, 0.1) is 29.8 Å². The molecule has 2 heterocycles. The Morgan fingerprint density at radius 1 is 1.36 bits per heavy atom. The molecule has 0 saturated carbocycles. The number of hydrogen-bond donors (Lipinski definition) is 2. The lowest BCUT2D eigenvalue weighted by Gasteiger charge is -2.21. The number of pyridine rings is 1. The van der Waals surface area contributed by atoms with E-state index in [2.05, 4.69) is 27.4 Å². The van der Waals surface area contributed by atoms with Crippen LogP contribution < -0.4 is 10.6 Å². The van der Waals surface area contributed by atoms with Crippen LogP contribution in [0.25, 0.3) is 0 Å². The van der Waals surface area contributed by atoms with Crippen molar-refractivity contribution in [1.29, 1.82) is 0 Å². The Morgan fingerprint density at radius 2 is 2.08 bits per heavy atom. The molecule has 0 aliphatic carbocycles. The number of aryl methyl sites for hydroxylation is 1. The van der Waals surface area contributed by atoms with E-state index in [0.29, 0.717) is 29.7 Å². The third-order valence-electron chi connectivity index (χ3n) is 4.04. The molecule has 1 atom stereocenters. The molecule has 2 N–H and O–H groups in total. The number of carbonyl (C=O) groups is 2. The lowest BCUT2D eigenvalue weighted by Crippen LogP contribution is -2.35. The Hall–Kier alpha value is -2.15. The van der Waals surface area contributed by atoms with Crippen LogP contribution in [0.5, 0.6) is 0 Å². The van der Waals surface area contributed by atoms with Gasteiger partial charge in [0.1, 0.15) is 5.60 Å². The van der Waals surface area contributed by atoms with Crippen LogP contribution in [0.3, 0.4) is 0 Å². The van der Waals surface area contributed by atoms with Gasteiger partial charge < -0.3 is 10.1 Å².